The summed E-state index contributed by atoms with van der Waals surface area (Å²) in [5.41, 5.74) is 4.35. The van der Waals surface area contributed by atoms with Crippen LogP contribution in [-0.2, 0) is 6.18 Å². The van der Waals surface area contributed by atoms with Crippen LogP contribution in [0, 0.1) is 5.82 Å². The molecular formula is C11H13F4NO. The molecule has 0 spiro atoms. The first kappa shape index (κ1) is 13.9. The van der Waals surface area contributed by atoms with Gasteiger partial charge in [-0.25, -0.2) is 4.39 Å². The number of aliphatic hydroxyl groups excluding tert-OH is 1. The molecule has 6 heteroatoms. The maximum atomic E-state index is 13.4. The van der Waals surface area contributed by atoms with Crippen LogP contribution in [0.25, 0.3) is 0 Å². The summed E-state index contributed by atoms with van der Waals surface area (Å²) in [7, 11) is 0. The first-order valence-electron chi connectivity index (χ1n) is 5.07. The molecule has 3 N–H and O–H groups in total. The highest BCUT2D eigenvalue weighted by Crippen LogP contribution is 2.31. The molecule has 0 fully saturated rings. The predicted molar refractivity (Wildman–Crippen MR) is 54.6 cm³/mol. The Hall–Kier alpha value is -1.14. The van der Waals surface area contributed by atoms with Crippen LogP contribution in [0.15, 0.2) is 18.2 Å². The van der Waals surface area contributed by atoms with E-state index in [2.05, 4.69) is 0 Å². The summed E-state index contributed by atoms with van der Waals surface area (Å²) < 4.78 is 50.3. The molecular weight excluding hydrogens is 238 g/mol. The van der Waals surface area contributed by atoms with Crippen LogP contribution in [-0.4, -0.2) is 11.2 Å². The van der Waals surface area contributed by atoms with Crippen molar-refractivity contribution < 1.29 is 22.7 Å². The fraction of sp³-hybridized carbons (Fsp3) is 0.455. The predicted octanol–water partition coefficient (Wildman–Crippen LogP) is 2.62. The first-order valence-corrected chi connectivity index (χ1v) is 5.07. The average Bonchev–Trinajstić information content (AvgIpc) is 2.25. The Balaban J connectivity index is 3.06. The molecule has 0 aliphatic carbocycles. The van der Waals surface area contributed by atoms with Crippen LogP contribution in [0.1, 0.15) is 30.5 Å². The van der Waals surface area contributed by atoms with Gasteiger partial charge in [0.1, 0.15) is 5.82 Å². The van der Waals surface area contributed by atoms with Crippen molar-refractivity contribution in [1.82, 2.24) is 0 Å². The smallest absolute Gasteiger partial charge is 0.391 e. The summed E-state index contributed by atoms with van der Waals surface area (Å²) in [5, 5.41) is 9.42. The second-order valence-corrected chi connectivity index (χ2v) is 3.74. The minimum Gasteiger partial charge on any atom is -0.391 e. The number of nitrogens with two attached hydrogens (primary N) is 1. The van der Waals surface area contributed by atoms with E-state index in [9.17, 15) is 22.7 Å². The van der Waals surface area contributed by atoms with Crippen LogP contribution in [0.2, 0.25) is 0 Å². The van der Waals surface area contributed by atoms with Crippen LogP contribution >= 0.6 is 0 Å². The third-order valence-corrected chi connectivity index (χ3v) is 2.52. The molecule has 1 rings (SSSR count). The molecule has 0 unspecified atom stereocenters. The van der Waals surface area contributed by atoms with Crippen molar-refractivity contribution in [3.05, 3.63) is 35.1 Å². The zero-order valence-corrected chi connectivity index (χ0v) is 9.13. The lowest BCUT2D eigenvalue weighted by atomic mass is 9.98. The Labute approximate surface area is 96.1 Å². The largest absolute Gasteiger partial charge is 0.416 e. The molecule has 0 saturated heterocycles. The zero-order chi connectivity index (χ0) is 13.2. The highest BCUT2D eigenvalue weighted by Gasteiger charge is 2.32. The number of hydrogen-bond acceptors (Lipinski definition) is 2. The van der Waals surface area contributed by atoms with Crippen LogP contribution in [0.4, 0.5) is 17.6 Å². The Morgan fingerprint density at radius 3 is 2.35 bits per heavy atom. The van der Waals surface area contributed by atoms with Crippen molar-refractivity contribution in [2.45, 2.75) is 31.7 Å². The van der Waals surface area contributed by atoms with Crippen molar-refractivity contribution in [2.75, 3.05) is 0 Å². The minimum absolute atomic E-state index is 0.118. The van der Waals surface area contributed by atoms with Gasteiger partial charge in [0.05, 0.1) is 17.7 Å². The Kier molecular flexibility index (Phi) is 4.11. The highest BCUT2D eigenvalue weighted by atomic mass is 19.4. The normalized spacial score (nSPS) is 15.7. The average molecular weight is 251 g/mol. The summed E-state index contributed by atoms with van der Waals surface area (Å²) >= 11 is 0. The van der Waals surface area contributed by atoms with E-state index >= 15 is 0 Å². The van der Waals surface area contributed by atoms with Crippen molar-refractivity contribution in [1.29, 1.82) is 0 Å². The molecule has 2 atom stereocenters. The van der Waals surface area contributed by atoms with Gasteiger partial charge < -0.3 is 10.8 Å². The van der Waals surface area contributed by atoms with E-state index in [0.29, 0.717) is 12.5 Å². The molecule has 17 heavy (non-hydrogen) atoms. The van der Waals surface area contributed by atoms with Gasteiger partial charge in [-0.15, -0.1) is 0 Å². The van der Waals surface area contributed by atoms with Gasteiger partial charge in [0.2, 0.25) is 0 Å². The van der Waals surface area contributed by atoms with Crippen LogP contribution in [0.5, 0.6) is 0 Å². The molecule has 0 aliphatic heterocycles. The minimum atomic E-state index is -4.59. The zero-order valence-electron chi connectivity index (χ0n) is 9.13. The molecule has 0 amide bonds. The number of aliphatic hydroxyl groups is 1. The lowest BCUT2D eigenvalue weighted by molar-refractivity contribution is -0.137. The second-order valence-electron chi connectivity index (χ2n) is 3.74. The van der Waals surface area contributed by atoms with Gasteiger partial charge in [-0.1, -0.05) is 13.0 Å². The van der Waals surface area contributed by atoms with Crippen molar-refractivity contribution in [3.63, 3.8) is 0 Å². The van der Waals surface area contributed by atoms with Crippen molar-refractivity contribution in [3.8, 4) is 0 Å². The van der Waals surface area contributed by atoms with Crippen molar-refractivity contribution in [2.24, 2.45) is 5.73 Å². The lowest BCUT2D eigenvalue weighted by Gasteiger charge is -2.19. The molecule has 0 aliphatic rings. The topological polar surface area (TPSA) is 46.2 Å². The lowest BCUT2D eigenvalue weighted by Crippen LogP contribution is -2.26. The number of rotatable bonds is 3. The third-order valence-electron chi connectivity index (χ3n) is 2.52. The van der Waals surface area contributed by atoms with E-state index in [1.807, 2.05) is 0 Å². The first-order chi connectivity index (χ1) is 7.77. The van der Waals surface area contributed by atoms with Gasteiger partial charge >= 0.3 is 6.18 Å². The molecule has 0 heterocycles. The fourth-order valence-corrected chi connectivity index (χ4v) is 1.43. The Morgan fingerprint density at radius 1 is 1.35 bits per heavy atom. The van der Waals surface area contributed by atoms with Crippen molar-refractivity contribution >= 4 is 0 Å². The molecule has 0 aromatic heterocycles. The summed E-state index contributed by atoms with van der Waals surface area (Å²) in [6, 6.07) is 1.07. The molecule has 96 valence electrons. The van der Waals surface area contributed by atoms with Crippen LogP contribution < -0.4 is 5.73 Å². The Bertz CT molecular complexity index is 392. The van der Waals surface area contributed by atoms with E-state index in [4.69, 9.17) is 5.73 Å². The summed E-state index contributed by atoms with van der Waals surface area (Å²) in [6.45, 7) is 1.65. The quantitative estimate of drug-likeness (QED) is 0.811. The van der Waals surface area contributed by atoms with E-state index in [-0.39, 0.29) is 5.56 Å². The standard InChI is InChI=1S/C11H13F4NO/c1-2-9(17)10(16)7-4-3-6(5-8(7)12)11(13,14)15/h3-5,9-10,17H,2,16H2,1H3/t9-,10+/m0/s1. The van der Waals surface area contributed by atoms with Gasteiger partial charge in [-0.3, -0.25) is 0 Å². The SMILES string of the molecule is CC[C@H](O)[C@H](N)c1ccc(C(F)(F)F)cc1F. The summed E-state index contributed by atoms with van der Waals surface area (Å²) in [6.07, 6.45) is -5.28. The summed E-state index contributed by atoms with van der Waals surface area (Å²) in [5.74, 6) is -1.06. The third kappa shape index (κ3) is 3.17. The van der Waals surface area contributed by atoms with Gasteiger partial charge in [0.15, 0.2) is 0 Å². The molecule has 2 nitrogen and oxygen atoms in total. The highest BCUT2D eigenvalue weighted by molar-refractivity contribution is 5.29. The second kappa shape index (κ2) is 5.01. The maximum Gasteiger partial charge on any atom is 0.416 e. The van der Waals surface area contributed by atoms with E-state index < -0.39 is 29.7 Å². The molecule has 1 aromatic rings. The van der Waals surface area contributed by atoms with E-state index in [0.717, 1.165) is 12.1 Å². The van der Waals surface area contributed by atoms with Gasteiger partial charge in [0, 0.05) is 5.56 Å². The summed E-state index contributed by atoms with van der Waals surface area (Å²) in [4.78, 5) is 0. The monoisotopic (exact) mass is 251 g/mol. The number of alkyl halides is 3. The number of benzene rings is 1. The van der Waals surface area contributed by atoms with E-state index in [1.54, 1.807) is 6.92 Å². The number of halogens is 4. The molecule has 0 radical (unpaired) electrons. The molecule has 0 saturated carbocycles. The van der Waals surface area contributed by atoms with Gasteiger partial charge in [-0.05, 0) is 18.6 Å². The number of hydrogen-bond donors (Lipinski definition) is 2. The van der Waals surface area contributed by atoms with E-state index in [1.165, 1.54) is 0 Å². The maximum absolute atomic E-state index is 13.4. The molecule has 0 bridgehead atoms. The van der Waals surface area contributed by atoms with Crippen LogP contribution in [0.3, 0.4) is 0 Å². The van der Waals surface area contributed by atoms with Gasteiger partial charge in [-0.2, -0.15) is 13.2 Å². The fourth-order valence-electron chi connectivity index (χ4n) is 1.43. The Morgan fingerprint density at radius 2 is 1.94 bits per heavy atom. The van der Waals surface area contributed by atoms with Gasteiger partial charge in [0.25, 0.3) is 0 Å². The molecule has 1 aromatic carbocycles.